The van der Waals surface area contributed by atoms with Crippen LogP contribution in [0, 0.1) is 5.92 Å². The lowest BCUT2D eigenvalue weighted by molar-refractivity contribution is -0.131. The molecule has 19 heavy (non-hydrogen) atoms. The maximum Gasteiger partial charge on any atom is 0.222 e. The van der Waals surface area contributed by atoms with Crippen molar-refractivity contribution in [2.45, 2.75) is 39.7 Å². The van der Waals surface area contributed by atoms with E-state index in [0.29, 0.717) is 25.4 Å². The summed E-state index contributed by atoms with van der Waals surface area (Å²) in [6.07, 6.45) is 2.51. The fourth-order valence-electron chi connectivity index (χ4n) is 1.96. The minimum Gasteiger partial charge on any atom is -0.338 e. The lowest BCUT2D eigenvalue weighted by atomic mass is 10.0. The van der Waals surface area contributed by atoms with Gasteiger partial charge >= 0.3 is 0 Å². The molecule has 1 aromatic rings. The van der Waals surface area contributed by atoms with Crippen molar-refractivity contribution in [1.82, 2.24) is 4.90 Å². The highest BCUT2D eigenvalue weighted by atomic mass is 35.5. The van der Waals surface area contributed by atoms with Gasteiger partial charge in [-0.05, 0) is 44.4 Å². The zero-order chi connectivity index (χ0) is 14.3. The maximum atomic E-state index is 12.2. The number of nitrogens with zero attached hydrogens (tertiary/aromatic N) is 1. The number of thiophene rings is 1. The summed E-state index contributed by atoms with van der Waals surface area (Å²) in [4.78, 5) is 15.2. The van der Waals surface area contributed by atoms with Gasteiger partial charge in [0.15, 0.2) is 0 Å². The lowest BCUT2D eigenvalue weighted by Gasteiger charge is -2.21. The van der Waals surface area contributed by atoms with Gasteiger partial charge in [0, 0.05) is 17.8 Å². The normalized spacial score (nSPS) is 12.4. The van der Waals surface area contributed by atoms with E-state index in [2.05, 4.69) is 6.92 Å². The van der Waals surface area contributed by atoms with Gasteiger partial charge in [0.25, 0.3) is 0 Å². The number of nitrogens with two attached hydrogens (primary N) is 1. The van der Waals surface area contributed by atoms with Crippen LogP contribution in [0.3, 0.4) is 0 Å². The van der Waals surface area contributed by atoms with E-state index in [4.69, 9.17) is 17.3 Å². The van der Waals surface area contributed by atoms with Gasteiger partial charge in [0.1, 0.15) is 0 Å². The molecule has 0 saturated carbocycles. The third-order valence-electron chi connectivity index (χ3n) is 3.22. The zero-order valence-electron chi connectivity index (χ0n) is 11.7. The lowest BCUT2D eigenvalue weighted by Crippen LogP contribution is -2.30. The van der Waals surface area contributed by atoms with E-state index < -0.39 is 0 Å². The van der Waals surface area contributed by atoms with Crippen molar-refractivity contribution < 1.29 is 4.79 Å². The molecule has 5 heteroatoms. The first-order valence-electron chi connectivity index (χ1n) is 6.78. The van der Waals surface area contributed by atoms with Crippen LogP contribution in [0.2, 0.25) is 4.34 Å². The monoisotopic (exact) mass is 302 g/mol. The summed E-state index contributed by atoms with van der Waals surface area (Å²) in [5.74, 6) is 0.736. The van der Waals surface area contributed by atoms with Crippen molar-refractivity contribution in [2.75, 3.05) is 13.1 Å². The predicted octanol–water partition coefficient (Wildman–Crippen LogP) is 3.52. The third kappa shape index (κ3) is 5.93. The summed E-state index contributed by atoms with van der Waals surface area (Å²) in [7, 11) is 0. The molecule has 1 amide bonds. The molecule has 1 unspecified atom stereocenters. The summed E-state index contributed by atoms with van der Waals surface area (Å²) in [5.41, 5.74) is 5.52. The van der Waals surface area contributed by atoms with Gasteiger partial charge in [-0.2, -0.15) is 0 Å². The van der Waals surface area contributed by atoms with Crippen LogP contribution in [0.1, 0.15) is 38.0 Å². The second kappa shape index (κ2) is 8.56. The Bertz CT molecular complexity index is 395. The van der Waals surface area contributed by atoms with Gasteiger partial charge in [-0.15, -0.1) is 11.3 Å². The van der Waals surface area contributed by atoms with Gasteiger partial charge in [0.05, 0.1) is 10.9 Å². The Labute approximate surface area is 124 Å². The van der Waals surface area contributed by atoms with E-state index in [1.54, 1.807) is 0 Å². The SMILES string of the molecule is CCN(Cc1ccc(Cl)s1)C(=O)CCC(C)CCN. The predicted molar refractivity (Wildman–Crippen MR) is 82.5 cm³/mol. The Morgan fingerprint density at radius 1 is 1.47 bits per heavy atom. The highest BCUT2D eigenvalue weighted by Crippen LogP contribution is 2.23. The molecule has 3 nitrogen and oxygen atoms in total. The van der Waals surface area contributed by atoms with Crippen molar-refractivity contribution in [3.8, 4) is 0 Å². The van der Waals surface area contributed by atoms with Gasteiger partial charge in [-0.1, -0.05) is 18.5 Å². The Morgan fingerprint density at radius 2 is 2.21 bits per heavy atom. The molecule has 0 aliphatic rings. The van der Waals surface area contributed by atoms with E-state index >= 15 is 0 Å². The van der Waals surface area contributed by atoms with Crippen molar-refractivity contribution in [2.24, 2.45) is 11.7 Å². The molecule has 0 spiro atoms. The number of carbonyl (C=O) groups is 1. The van der Waals surface area contributed by atoms with Gasteiger partial charge < -0.3 is 10.6 Å². The third-order valence-corrected chi connectivity index (χ3v) is 4.44. The topological polar surface area (TPSA) is 46.3 Å². The smallest absolute Gasteiger partial charge is 0.222 e. The minimum absolute atomic E-state index is 0.218. The molecule has 0 saturated heterocycles. The van der Waals surface area contributed by atoms with Crippen LogP contribution in [0.4, 0.5) is 0 Å². The molecule has 0 radical (unpaired) electrons. The summed E-state index contributed by atoms with van der Waals surface area (Å²) < 4.78 is 0.773. The van der Waals surface area contributed by atoms with Gasteiger partial charge in [-0.3, -0.25) is 4.79 Å². The Hall–Kier alpha value is -0.580. The summed E-state index contributed by atoms with van der Waals surface area (Å²) in [6.45, 7) is 6.25. The highest BCUT2D eigenvalue weighted by Gasteiger charge is 2.14. The van der Waals surface area contributed by atoms with Crippen LogP contribution in [-0.4, -0.2) is 23.9 Å². The van der Waals surface area contributed by atoms with E-state index in [-0.39, 0.29) is 5.91 Å². The first-order chi connectivity index (χ1) is 9.06. The number of hydrogen-bond donors (Lipinski definition) is 1. The van der Waals surface area contributed by atoms with Crippen molar-refractivity contribution >= 4 is 28.8 Å². The average molecular weight is 303 g/mol. The molecule has 2 N–H and O–H groups in total. The second-order valence-corrected chi connectivity index (χ2v) is 6.63. The number of hydrogen-bond acceptors (Lipinski definition) is 3. The summed E-state index contributed by atoms with van der Waals surface area (Å²) in [6, 6.07) is 3.86. The molecular formula is C14H23ClN2OS. The average Bonchev–Trinajstić information content (AvgIpc) is 2.79. The van der Waals surface area contributed by atoms with E-state index in [1.807, 2.05) is 24.0 Å². The molecule has 1 heterocycles. The number of halogens is 1. The number of amides is 1. The van der Waals surface area contributed by atoms with Gasteiger partial charge in [-0.25, -0.2) is 0 Å². The molecular weight excluding hydrogens is 280 g/mol. The van der Waals surface area contributed by atoms with Crippen molar-refractivity contribution in [1.29, 1.82) is 0 Å². The van der Waals surface area contributed by atoms with E-state index in [1.165, 1.54) is 11.3 Å². The van der Waals surface area contributed by atoms with Crippen LogP contribution in [0.15, 0.2) is 12.1 Å². The Morgan fingerprint density at radius 3 is 2.74 bits per heavy atom. The van der Waals surface area contributed by atoms with E-state index in [9.17, 15) is 4.79 Å². The van der Waals surface area contributed by atoms with Crippen LogP contribution in [0.5, 0.6) is 0 Å². The molecule has 0 fully saturated rings. The Kier molecular flexibility index (Phi) is 7.42. The number of rotatable bonds is 8. The zero-order valence-corrected chi connectivity index (χ0v) is 13.3. The first-order valence-corrected chi connectivity index (χ1v) is 7.98. The largest absolute Gasteiger partial charge is 0.338 e. The molecule has 0 bridgehead atoms. The molecule has 0 aliphatic carbocycles. The quantitative estimate of drug-likeness (QED) is 0.798. The van der Waals surface area contributed by atoms with Crippen molar-refractivity contribution in [3.05, 3.63) is 21.3 Å². The second-order valence-electron chi connectivity index (χ2n) is 4.83. The molecule has 1 rings (SSSR count). The minimum atomic E-state index is 0.218. The molecule has 0 aliphatic heterocycles. The summed E-state index contributed by atoms with van der Waals surface area (Å²) >= 11 is 7.44. The van der Waals surface area contributed by atoms with Crippen LogP contribution < -0.4 is 5.73 Å². The fraction of sp³-hybridized carbons (Fsp3) is 0.643. The standard InChI is InChI=1S/C14H23ClN2OS/c1-3-17(10-12-5-6-13(15)19-12)14(18)7-4-11(2)8-9-16/h5-6,11H,3-4,7-10,16H2,1-2H3. The molecule has 108 valence electrons. The molecule has 1 atom stereocenters. The van der Waals surface area contributed by atoms with Crippen LogP contribution in [0.25, 0.3) is 0 Å². The first kappa shape index (κ1) is 16.5. The maximum absolute atomic E-state index is 12.2. The van der Waals surface area contributed by atoms with Crippen LogP contribution in [-0.2, 0) is 11.3 Å². The number of carbonyl (C=O) groups excluding carboxylic acids is 1. The molecule has 0 aromatic carbocycles. The highest BCUT2D eigenvalue weighted by molar-refractivity contribution is 7.16. The summed E-state index contributed by atoms with van der Waals surface area (Å²) in [5, 5.41) is 0. The van der Waals surface area contributed by atoms with Crippen molar-refractivity contribution in [3.63, 3.8) is 0 Å². The Balaban J connectivity index is 2.43. The van der Waals surface area contributed by atoms with Crippen LogP contribution >= 0.6 is 22.9 Å². The fourth-order valence-corrected chi connectivity index (χ4v) is 3.06. The molecule has 1 aromatic heterocycles. The van der Waals surface area contributed by atoms with E-state index in [0.717, 1.165) is 28.6 Å². The van der Waals surface area contributed by atoms with Gasteiger partial charge in [0.2, 0.25) is 5.91 Å².